The van der Waals surface area contributed by atoms with Crippen LogP contribution in [0.25, 0.3) is 0 Å². The van der Waals surface area contributed by atoms with Crippen molar-refractivity contribution in [1.82, 2.24) is 0 Å². The second-order valence-corrected chi connectivity index (χ2v) is 6.09. The number of aliphatic carboxylic acids is 1. The molecule has 1 aromatic rings. The van der Waals surface area contributed by atoms with Crippen molar-refractivity contribution < 1.29 is 28.2 Å². The van der Waals surface area contributed by atoms with Crippen LogP contribution in [0.15, 0.2) is 24.3 Å². The van der Waals surface area contributed by atoms with E-state index in [1.54, 1.807) is 0 Å². The maximum Gasteiger partial charge on any atom is 0.501 e. The molecule has 0 radical (unpaired) electrons. The molecule has 2 aliphatic carbocycles. The van der Waals surface area contributed by atoms with Crippen molar-refractivity contribution in [2.45, 2.75) is 31.8 Å². The Kier molecular flexibility index (Phi) is 3.62. The van der Waals surface area contributed by atoms with Crippen LogP contribution >= 0.6 is 0 Å². The molecule has 0 aromatic heterocycles. The number of ketones is 1. The Morgan fingerprint density at radius 1 is 1.14 bits per heavy atom. The summed E-state index contributed by atoms with van der Waals surface area (Å²) in [5.74, 6) is -1.46. The summed E-state index contributed by atoms with van der Waals surface area (Å²) in [7, 11) is 0. The Balaban J connectivity index is 1.69. The molecule has 0 amide bonds. The molecule has 1 aromatic carbocycles. The lowest BCUT2D eigenvalue weighted by Crippen LogP contribution is -2.34. The molecular formula is C16H16F2O4. The lowest BCUT2D eigenvalue weighted by atomic mass is 9.83. The molecule has 1 N–H and O–H groups in total. The molecule has 118 valence electrons. The second kappa shape index (κ2) is 5.34. The number of hydrogen-bond donors (Lipinski definition) is 1. The highest BCUT2D eigenvalue weighted by Gasteiger charge is 2.44. The van der Waals surface area contributed by atoms with Crippen molar-refractivity contribution in [3.63, 3.8) is 0 Å². The highest BCUT2D eigenvalue weighted by Crippen LogP contribution is 2.49. The van der Waals surface area contributed by atoms with Gasteiger partial charge in [0.1, 0.15) is 5.75 Å². The quantitative estimate of drug-likeness (QED) is 0.847. The van der Waals surface area contributed by atoms with Gasteiger partial charge in [0.2, 0.25) is 0 Å². The minimum Gasteiger partial charge on any atom is -0.474 e. The van der Waals surface area contributed by atoms with Gasteiger partial charge in [-0.2, -0.15) is 8.78 Å². The molecule has 3 rings (SSSR count). The summed E-state index contributed by atoms with van der Waals surface area (Å²) in [6.45, 7) is 0. The number of ether oxygens (including phenoxy) is 1. The van der Waals surface area contributed by atoms with Gasteiger partial charge in [-0.3, -0.25) is 4.79 Å². The molecule has 2 saturated carbocycles. The zero-order valence-electron chi connectivity index (χ0n) is 11.8. The van der Waals surface area contributed by atoms with Gasteiger partial charge in [0.15, 0.2) is 5.78 Å². The van der Waals surface area contributed by atoms with Crippen LogP contribution in [0.1, 0.15) is 36.0 Å². The van der Waals surface area contributed by atoms with Crippen LogP contribution in [0.3, 0.4) is 0 Å². The van der Waals surface area contributed by atoms with Gasteiger partial charge in [0.25, 0.3) is 0 Å². The number of hydrogen-bond acceptors (Lipinski definition) is 3. The molecule has 2 aliphatic rings. The Bertz CT molecular complexity index is 597. The maximum atomic E-state index is 13.0. The van der Waals surface area contributed by atoms with Crippen LogP contribution in [0.4, 0.5) is 8.78 Å². The van der Waals surface area contributed by atoms with E-state index in [0.29, 0.717) is 17.4 Å². The number of carbonyl (C=O) groups excluding carboxylic acids is 1. The fraction of sp³-hybridized carbons (Fsp3) is 0.500. The minimum atomic E-state index is -4.28. The van der Waals surface area contributed by atoms with Gasteiger partial charge in [-0.15, -0.1) is 0 Å². The van der Waals surface area contributed by atoms with E-state index in [1.165, 1.54) is 30.7 Å². The van der Waals surface area contributed by atoms with Crippen LogP contribution < -0.4 is 4.74 Å². The topological polar surface area (TPSA) is 63.6 Å². The second-order valence-electron chi connectivity index (χ2n) is 6.09. The largest absolute Gasteiger partial charge is 0.501 e. The summed E-state index contributed by atoms with van der Waals surface area (Å²) in [5.41, 5.74) is 0.462. The summed E-state index contributed by atoms with van der Waals surface area (Å²) < 4.78 is 30.0. The van der Waals surface area contributed by atoms with Crippen LogP contribution in [0.2, 0.25) is 0 Å². The fourth-order valence-electron chi connectivity index (χ4n) is 3.66. The number of alkyl halides is 2. The third-order valence-corrected chi connectivity index (χ3v) is 4.71. The standard InChI is InChI=1S/C16H16F2O4/c17-16(18,15(20)21)22-12-5-3-10(4-6-12)14(19)13-8-9-1-2-11(13)7-9/h3-6,9,11,13H,1-2,7-8H2,(H,20,21). The van der Waals surface area contributed by atoms with Crippen LogP contribution in [0.5, 0.6) is 5.75 Å². The van der Waals surface area contributed by atoms with E-state index in [-0.39, 0.29) is 17.5 Å². The number of halogens is 2. The first-order valence-electron chi connectivity index (χ1n) is 7.31. The number of carbonyl (C=O) groups is 2. The Morgan fingerprint density at radius 3 is 2.32 bits per heavy atom. The average Bonchev–Trinajstić information content (AvgIpc) is 3.09. The number of benzene rings is 1. The highest BCUT2D eigenvalue weighted by atomic mass is 19.3. The van der Waals surface area contributed by atoms with Crippen LogP contribution in [-0.2, 0) is 4.79 Å². The maximum absolute atomic E-state index is 13.0. The SMILES string of the molecule is O=C(c1ccc(OC(F)(F)C(=O)O)cc1)C1CC2CCC1C2. The normalized spacial score (nSPS) is 26.9. The zero-order valence-corrected chi connectivity index (χ0v) is 11.8. The summed E-state index contributed by atoms with van der Waals surface area (Å²) >= 11 is 0. The number of carboxylic acids is 1. The molecule has 22 heavy (non-hydrogen) atoms. The van der Waals surface area contributed by atoms with Gasteiger partial charge >= 0.3 is 12.1 Å². The van der Waals surface area contributed by atoms with Crippen LogP contribution in [-0.4, -0.2) is 23.0 Å². The predicted octanol–water partition coefficient (Wildman–Crippen LogP) is 3.36. The van der Waals surface area contributed by atoms with Gasteiger partial charge in [-0.05, 0) is 55.4 Å². The molecule has 3 unspecified atom stereocenters. The van der Waals surface area contributed by atoms with Crippen molar-refractivity contribution in [3.05, 3.63) is 29.8 Å². The van der Waals surface area contributed by atoms with Gasteiger partial charge in [0.05, 0.1) is 0 Å². The van der Waals surface area contributed by atoms with E-state index in [0.717, 1.165) is 19.3 Å². The van der Waals surface area contributed by atoms with Crippen molar-refractivity contribution in [2.24, 2.45) is 17.8 Å². The fourth-order valence-corrected chi connectivity index (χ4v) is 3.66. The molecule has 2 bridgehead atoms. The Hall–Kier alpha value is -1.98. The molecule has 0 saturated heterocycles. The first-order chi connectivity index (χ1) is 10.4. The monoisotopic (exact) mass is 310 g/mol. The third-order valence-electron chi connectivity index (χ3n) is 4.71. The summed E-state index contributed by atoms with van der Waals surface area (Å²) in [5, 5.41) is 8.32. The summed E-state index contributed by atoms with van der Waals surface area (Å²) in [6, 6.07) is 5.25. The minimum absolute atomic E-state index is 0.0333. The third kappa shape index (κ3) is 2.69. The van der Waals surface area contributed by atoms with E-state index in [4.69, 9.17) is 5.11 Å². The van der Waals surface area contributed by atoms with Crippen molar-refractivity contribution in [1.29, 1.82) is 0 Å². The van der Waals surface area contributed by atoms with E-state index in [9.17, 15) is 18.4 Å². The average molecular weight is 310 g/mol. The molecule has 6 heteroatoms. The first-order valence-corrected chi connectivity index (χ1v) is 7.31. The highest BCUT2D eigenvalue weighted by molar-refractivity contribution is 5.98. The number of carboxylic acid groups (broad SMARTS) is 1. The summed E-state index contributed by atoms with van der Waals surface area (Å²) in [6.07, 6.45) is 0.0377. The molecule has 2 fully saturated rings. The van der Waals surface area contributed by atoms with Crippen molar-refractivity contribution in [2.75, 3.05) is 0 Å². The van der Waals surface area contributed by atoms with E-state index in [1.807, 2.05) is 0 Å². The summed E-state index contributed by atoms with van der Waals surface area (Å²) in [4.78, 5) is 22.8. The molecule has 3 atom stereocenters. The van der Waals surface area contributed by atoms with Crippen LogP contribution in [0, 0.1) is 17.8 Å². The van der Waals surface area contributed by atoms with Gasteiger partial charge in [-0.25, -0.2) is 4.79 Å². The number of fused-ring (bicyclic) bond motifs is 2. The number of Topliss-reactive ketones (excluding diaryl/α,β-unsaturated/α-hetero) is 1. The molecular weight excluding hydrogens is 294 g/mol. The van der Waals surface area contributed by atoms with E-state index in [2.05, 4.69) is 4.74 Å². The van der Waals surface area contributed by atoms with Gasteiger partial charge in [0, 0.05) is 11.5 Å². The predicted molar refractivity (Wildman–Crippen MR) is 72.9 cm³/mol. The molecule has 0 spiro atoms. The Labute approximate surface area is 126 Å². The van der Waals surface area contributed by atoms with E-state index < -0.39 is 12.1 Å². The molecule has 0 aliphatic heterocycles. The molecule has 4 nitrogen and oxygen atoms in total. The lowest BCUT2D eigenvalue weighted by Gasteiger charge is -2.20. The smallest absolute Gasteiger partial charge is 0.474 e. The number of rotatable bonds is 5. The first kappa shape index (κ1) is 14.9. The molecule has 0 heterocycles. The van der Waals surface area contributed by atoms with E-state index >= 15 is 0 Å². The zero-order chi connectivity index (χ0) is 15.9. The Morgan fingerprint density at radius 2 is 1.82 bits per heavy atom. The van der Waals surface area contributed by atoms with Gasteiger partial charge < -0.3 is 9.84 Å². The lowest BCUT2D eigenvalue weighted by molar-refractivity contribution is -0.210. The van der Waals surface area contributed by atoms with Gasteiger partial charge in [-0.1, -0.05) is 6.42 Å². The van der Waals surface area contributed by atoms with Crippen molar-refractivity contribution in [3.8, 4) is 5.75 Å². The van der Waals surface area contributed by atoms with Crippen molar-refractivity contribution >= 4 is 11.8 Å².